The van der Waals surface area contributed by atoms with Crippen molar-refractivity contribution in [2.75, 3.05) is 32.1 Å². The Labute approximate surface area is 185 Å². The number of anilines is 1. The second kappa shape index (κ2) is 11.7. The Bertz CT molecular complexity index is 919. The minimum Gasteiger partial charge on any atom is -0.462 e. The SMILES string of the molecule is CCNC(=O)CONC(=O)Cc1ccc2c(C(=O)OCC)c(N)c(C(=O)OCC)c-2cc1. The first kappa shape index (κ1) is 24.6. The van der Waals surface area contributed by atoms with Crippen molar-refractivity contribution >= 4 is 29.4 Å². The van der Waals surface area contributed by atoms with E-state index >= 15 is 0 Å². The van der Waals surface area contributed by atoms with Gasteiger partial charge in [0, 0.05) is 6.54 Å². The zero-order valence-corrected chi connectivity index (χ0v) is 18.3. The maximum atomic E-state index is 12.5. The van der Waals surface area contributed by atoms with Gasteiger partial charge in [0.25, 0.3) is 0 Å². The third-order valence-electron chi connectivity index (χ3n) is 4.38. The van der Waals surface area contributed by atoms with E-state index in [2.05, 4.69) is 10.8 Å². The minimum atomic E-state index is -0.658. The van der Waals surface area contributed by atoms with Crippen molar-refractivity contribution in [1.29, 1.82) is 0 Å². The fourth-order valence-corrected chi connectivity index (χ4v) is 3.08. The van der Waals surface area contributed by atoms with Crippen molar-refractivity contribution in [2.24, 2.45) is 0 Å². The van der Waals surface area contributed by atoms with Crippen LogP contribution in [0.4, 0.5) is 5.69 Å². The van der Waals surface area contributed by atoms with E-state index in [1.807, 2.05) is 0 Å². The minimum absolute atomic E-state index is 0.0128. The molecular formula is C22H27N3O7. The molecular weight excluding hydrogens is 418 g/mol. The number of nitrogens with one attached hydrogen (secondary N) is 2. The number of nitrogen functional groups attached to an aromatic ring is 1. The number of hydrogen-bond donors (Lipinski definition) is 3. The predicted molar refractivity (Wildman–Crippen MR) is 116 cm³/mol. The number of fused-ring (bicyclic) bond motifs is 1. The van der Waals surface area contributed by atoms with Gasteiger partial charge < -0.3 is 20.5 Å². The molecule has 0 spiro atoms. The lowest BCUT2D eigenvalue weighted by molar-refractivity contribution is -0.138. The van der Waals surface area contributed by atoms with Crippen molar-refractivity contribution in [3.05, 3.63) is 41.0 Å². The Morgan fingerprint density at radius 2 is 1.38 bits per heavy atom. The van der Waals surface area contributed by atoms with Crippen LogP contribution in [0.5, 0.6) is 0 Å². The molecule has 2 rings (SSSR count). The van der Waals surface area contributed by atoms with Gasteiger partial charge in [0.2, 0.25) is 11.8 Å². The van der Waals surface area contributed by atoms with Gasteiger partial charge >= 0.3 is 11.9 Å². The molecule has 10 nitrogen and oxygen atoms in total. The Morgan fingerprint density at radius 1 is 0.844 bits per heavy atom. The monoisotopic (exact) mass is 445 g/mol. The third kappa shape index (κ3) is 5.94. The van der Waals surface area contributed by atoms with E-state index in [0.717, 1.165) is 0 Å². The second-order valence-corrected chi connectivity index (χ2v) is 6.62. The van der Waals surface area contributed by atoms with E-state index in [4.69, 9.17) is 20.0 Å². The highest BCUT2D eigenvalue weighted by Gasteiger charge is 2.30. The van der Waals surface area contributed by atoms with Crippen LogP contribution in [0, 0.1) is 0 Å². The molecule has 0 aromatic carbocycles. The van der Waals surface area contributed by atoms with Crippen molar-refractivity contribution in [2.45, 2.75) is 27.2 Å². The Hall–Kier alpha value is -3.66. The van der Waals surface area contributed by atoms with Crippen LogP contribution in [0.25, 0.3) is 11.1 Å². The number of amides is 2. The van der Waals surface area contributed by atoms with Gasteiger partial charge in [0.05, 0.1) is 36.4 Å². The van der Waals surface area contributed by atoms with Gasteiger partial charge in [-0.15, -0.1) is 0 Å². The molecule has 4 N–H and O–H groups in total. The number of rotatable bonds is 10. The third-order valence-corrected chi connectivity index (χ3v) is 4.38. The molecule has 0 aromatic rings. The first-order chi connectivity index (χ1) is 15.3. The quantitative estimate of drug-likeness (QED) is 0.368. The fourth-order valence-electron chi connectivity index (χ4n) is 3.08. The summed E-state index contributed by atoms with van der Waals surface area (Å²) in [7, 11) is 0. The van der Waals surface area contributed by atoms with Crippen LogP contribution in [0.3, 0.4) is 0 Å². The summed E-state index contributed by atoms with van der Waals surface area (Å²) in [6.07, 6.45) is -0.0639. The van der Waals surface area contributed by atoms with E-state index < -0.39 is 17.8 Å². The fraction of sp³-hybridized carbons (Fsp3) is 0.364. The maximum absolute atomic E-state index is 12.5. The molecule has 172 valence electrons. The molecule has 0 aromatic heterocycles. The molecule has 2 aliphatic carbocycles. The first-order valence-corrected chi connectivity index (χ1v) is 10.2. The molecule has 0 bridgehead atoms. The molecule has 0 heterocycles. The summed E-state index contributed by atoms with van der Waals surface area (Å²) in [5.74, 6) is -2.14. The highest BCUT2D eigenvalue weighted by Crippen LogP contribution is 2.39. The topological polar surface area (TPSA) is 146 Å². The lowest BCUT2D eigenvalue weighted by Gasteiger charge is -2.05. The van der Waals surface area contributed by atoms with Crippen molar-refractivity contribution in [3.63, 3.8) is 0 Å². The van der Waals surface area contributed by atoms with Gasteiger partial charge in [0.1, 0.15) is 0 Å². The summed E-state index contributed by atoms with van der Waals surface area (Å²) in [5, 5.41) is 2.54. The second-order valence-electron chi connectivity index (χ2n) is 6.62. The summed E-state index contributed by atoms with van der Waals surface area (Å²) in [4.78, 5) is 53.3. The van der Waals surface area contributed by atoms with E-state index in [9.17, 15) is 19.2 Å². The Balaban J connectivity index is 2.31. The number of nitrogens with two attached hydrogens (primary N) is 1. The zero-order valence-electron chi connectivity index (χ0n) is 18.3. The molecule has 0 saturated carbocycles. The summed E-state index contributed by atoms with van der Waals surface area (Å²) in [5.41, 5.74) is 9.84. The molecule has 32 heavy (non-hydrogen) atoms. The van der Waals surface area contributed by atoms with Gasteiger partial charge in [0.15, 0.2) is 6.61 Å². The van der Waals surface area contributed by atoms with Crippen LogP contribution in [0.15, 0.2) is 24.3 Å². The van der Waals surface area contributed by atoms with E-state index in [0.29, 0.717) is 23.2 Å². The zero-order chi connectivity index (χ0) is 23.7. The van der Waals surface area contributed by atoms with E-state index in [-0.39, 0.29) is 49.0 Å². The Morgan fingerprint density at radius 3 is 1.84 bits per heavy atom. The molecule has 2 aliphatic rings. The van der Waals surface area contributed by atoms with Crippen molar-refractivity contribution in [1.82, 2.24) is 10.8 Å². The predicted octanol–water partition coefficient (Wildman–Crippen LogP) is 1.45. The largest absolute Gasteiger partial charge is 0.462 e. The number of hydroxylamine groups is 1. The molecule has 0 aliphatic heterocycles. The van der Waals surface area contributed by atoms with E-state index in [1.54, 1.807) is 45.0 Å². The average molecular weight is 445 g/mol. The van der Waals surface area contributed by atoms with Crippen LogP contribution in [-0.2, 0) is 30.3 Å². The highest BCUT2D eigenvalue weighted by molar-refractivity contribution is 6.15. The lowest BCUT2D eigenvalue weighted by Crippen LogP contribution is -2.33. The lowest BCUT2D eigenvalue weighted by atomic mass is 10.1. The molecule has 10 heteroatoms. The van der Waals surface area contributed by atoms with Crippen LogP contribution >= 0.6 is 0 Å². The van der Waals surface area contributed by atoms with Gasteiger partial charge in [-0.05, 0) is 37.5 Å². The number of likely N-dealkylation sites (N-methyl/N-ethyl adjacent to an activating group) is 1. The number of carbonyl (C=O) groups excluding carboxylic acids is 4. The van der Waals surface area contributed by atoms with Gasteiger partial charge in [-0.3, -0.25) is 14.4 Å². The number of esters is 2. The highest BCUT2D eigenvalue weighted by atomic mass is 16.7. The van der Waals surface area contributed by atoms with Crippen LogP contribution in [0.1, 0.15) is 47.1 Å². The number of ether oxygens (including phenoxy) is 2. The molecule has 0 unspecified atom stereocenters. The molecule has 2 amide bonds. The first-order valence-electron chi connectivity index (χ1n) is 10.2. The number of hydrogen-bond acceptors (Lipinski definition) is 8. The number of carbonyl (C=O) groups is 4. The van der Waals surface area contributed by atoms with Crippen molar-refractivity contribution < 1.29 is 33.5 Å². The summed E-state index contributed by atoms with van der Waals surface area (Å²) < 4.78 is 10.2. The van der Waals surface area contributed by atoms with Crippen LogP contribution in [-0.4, -0.2) is 50.1 Å². The maximum Gasteiger partial charge on any atom is 0.340 e. The summed E-state index contributed by atoms with van der Waals surface area (Å²) in [6.45, 7) is 5.53. The normalized spacial score (nSPS) is 10.5. The average Bonchev–Trinajstić information content (AvgIpc) is 2.87. The molecule has 0 atom stereocenters. The van der Waals surface area contributed by atoms with Crippen molar-refractivity contribution in [3.8, 4) is 11.1 Å². The Kier molecular flexibility index (Phi) is 8.96. The molecule has 0 radical (unpaired) electrons. The van der Waals surface area contributed by atoms with Gasteiger partial charge in [-0.2, -0.15) is 0 Å². The standard InChI is InChI=1S/C22H27N3O7/c1-4-24-17(27)12-32-25-16(26)11-13-7-9-14-15(10-8-13)19(22(29)31-6-3)20(23)18(14)21(28)30-5-2/h7-10H,4-6,11-12,23H2,1-3H3,(H,24,27)(H,25,26). The summed E-state index contributed by atoms with van der Waals surface area (Å²) in [6, 6.07) is 6.45. The molecule has 0 saturated heterocycles. The van der Waals surface area contributed by atoms with Gasteiger partial charge in [-0.1, -0.05) is 24.3 Å². The molecule has 0 fully saturated rings. The van der Waals surface area contributed by atoms with Crippen LogP contribution in [0.2, 0.25) is 0 Å². The van der Waals surface area contributed by atoms with Gasteiger partial charge in [-0.25, -0.2) is 15.1 Å². The summed E-state index contributed by atoms with van der Waals surface area (Å²) >= 11 is 0. The van der Waals surface area contributed by atoms with E-state index in [1.165, 1.54) is 0 Å². The smallest absolute Gasteiger partial charge is 0.340 e. The van der Waals surface area contributed by atoms with Crippen LogP contribution < -0.4 is 16.5 Å².